The summed E-state index contributed by atoms with van der Waals surface area (Å²) in [7, 11) is 0. The zero-order chi connectivity index (χ0) is 13.2. The van der Waals surface area contributed by atoms with Crippen molar-refractivity contribution < 1.29 is 0 Å². The summed E-state index contributed by atoms with van der Waals surface area (Å²) in [6.45, 7) is 2.88. The number of halogens is 1. The highest BCUT2D eigenvalue weighted by Gasteiger charge is 2.28. The number of hydrogen-bond acceptors (Lipinski definition) is 5. The van der Waals surface area contributed by atoms with E-state index in [4.69, 9.17) is 4.99 Å². The van der Waals surface area contributed by atoms with Crippen LogP contribution >= 0.6 is 27.7 Å². The van der Waals surface area contributed by atoms with E-state index in [1.54, 1.807) is 11.8 Å². The van der Waals surface area contributed by atoms with Gasteiger partial charge in [-0.1, -0.05) is 0 Å². The fourth-order valence-corrected chi connectivity index (χ4v) is 3.50. The molecule has 1 atom stereocenters. The molecule has 4 nitrogen and oxygen atoms in total. The third-order valence-electron chi connectivity index (χ3n) is 3.55. The van der Waals surface area contributed by atoms with Gasteiger partial charge in [-0.05, 0) is 47.6 Å². The highest BCUT2D eigenvalue weighted by Crippen LogP contribution is 2.30. The lowest BCUT2D eigenvalue weighted by molar-refractivity contribution is 0.415. The van der Waals surface area contributed by atoms with Crippen LogP contribution in [0.4, 0.5) is 0 Å². The molecule has 1 saturated heterocycles. The number of nitrogens with one attached hydrogen (secondary N) is 1. The molecule has 19 heavy (non-hydrogen) atoms. The first-order chi connectivity index (χ1) is 9.29. The Labute approximate surface area is 126 Å². The maximum atomic E-state index is 4.82. The normalized spacial score (nSPS) is 27.1. The van der Waals surface area contributed by atoms with Crippen LogP contribution in [0.5, 0.6) is 0 Å². The molecule has 0 bridgehead atoms. The predicted molar refractivity (Wildman–Crippen MR) is 85.8 cm³/mol. The van der Waals surface area contributed by atoms with Gasteiger partial charge in [-0.2, -0.15) is 0 Å². The Balaban J connectivity index is 1.92. The molecule has 3 aliphatic heterocycles. The van der Waals surface area contributed by atoms with E-state index in [1.165, 1.54) is 18.5 Å². The SMILES string of the molecule is CSC1=NC(C2CCCNC2)=CN2C(Br)=CCN=C12. The summed E-state index contributed by atoms with van der Waals surface area (Å²) >= 11 is 5.29. The van der Waals surface area contributed by atoms with Gasteiger partial charge in [-0.3, -0.25) is 9.89 Å². The van der Waals surface area contributed by atoms with Gasteiger partial charge in [0, 0.05) is 18.7 Å². The van der Waals surface area contributed by atoms with Crippen LogP contribution in [-0.4, -0.2) is 41.7 Å². The molecule has 0 spiro atoms. The molecule has 0 amide bonds. The van der Waals surface area contributed by atoms with Crippen LogP contribution in [-0.2, 0) is 0 Å². The van der Waals surface area contributed by atoms with E-state index in [2.05, 4.69) is 49.7 Å². The monoisotopic (exact) mass is 340 g/mol. The maximum Gasteiger partial charge on any atom is 0.166 e. The van der Waals surface area contributed by atoms with E-state index in [9.17, 15) is 0 Å². The zero-order valence-electron chi connectivity index (χ0n) is 10.9. The molecular weight excluding hydrogens is 324 g/mol. The van der Waals surface area contributed by atoms with E-state index in [0.29, 0.717) is 5.92 Å². The van der Waals surface area contributed by atoms with Gasteiger partial charge in [0.1, 0.15) is 5.04 Å². The Hall–Kier alpha value is -0.590. The van der Waals surface area contributed by atoms with Crippen LogP contribution < -0.4 is 5.32 Å². The molecule has 0 aromatic heterocycles. The third-order valence-corrected chi connectivity index (χ3v) is 4.92. The fraction of sp³-hybridized carbons (Fsp3) is 0.538. The van der Waals surface area contributed by atoms with Gasteiger partial charge in [0.25, 0.3) is 0 Å². The van der Waals surface area contributed by atoms with Crippen LogP contribution in [0.25, 0.3) is 0 Å². The summed E-state index contributed by atoms with van der Waals surface area (Å²) in [6, 6.07) is 0. The van der Waals surface area contributed by atoms with Crippen LogP contribution in [0.3, 0.4) is 0 Å². The van der Waals surface area contributed by atoms with Crippen molar-refractivity contribution in [3.05, 3.63) is 22.6 Å². The van der Waals surface area contributed by atoms with Crippen LogP contribution in [0.15, 0.2) is 32.6 Å². The number of amidine groups is 1. The van der Waals surface area contributed by atoms with Crippen molar-refractivity contribution in [1.29, 1.82) is 0 Å². The van der Waals surface area contributed by atoms with Crippen molar-refractivity contribution >= 4 is 38.6 Å². The van der Waals surface area contributed by atoms with Crippen molar-refractivity contribution in [2.24, 2.45) is 15.9 Å². The lowest BCUT2D eigenvalue weighted by Gasteiger charge is -2.32. The smallest absolute Gasteiger partial charge is 0.166 e. The zero-order valence-corrected chi connectivity index (χ0v) is 13.3. The molecule has 1 unspecified atom stereocenters. The van der Waals surface area contributed by atoms with Gasteiger partial charge in [0.2, 0.25) is 0 Å². The topological polar surface area (TPSA) is 40.0 Å². The number of hydrogen-bond donors (Lipinski definition) is 1. The van der Waals surface area contributed by atoms with E-state index < -0.39 is 0 Å². The van der Waals surface area contributed by atoms with Crippen molar-refractivity contribution in [3.8, 4) is 0 Å². The molecule has 3 rings (SSSR count). The highest BCUT2D eigenvalue weighted by atomic mass is 79.9. The van der Waals surface area contributed by atoms with Crippen molar-refractivity contribution in [2.45, 2.75) is 12.8 Å². The molecule has 0 radical (unpaired) electrons. The standard InChI is InChI=1S/C13H17BrN4S/c1-19-13-12-16-6-4-11(14)18(12)8-10(17-13)9-3-2-5-15-7-9/h4,8-9,15H,2-3,5-7H2,1H3. The van der Waals surface area contributed by atoms with Crippen LogP contribution in [0, 0.1) is 5.92 Å². The molecule has 3 heterocycles. The van der Waals surface area contributed by atoms with Gasteiger partial charge in [-0.25, -0.2) is 4.99 Å². The first-order valence-corrected chi connectivity index (χ1v) is 8.56. The van der Waals surface area contributed by atoms with Crippen LogP contribution in [0.2, 0.25) is 0 Å². The van der Waals surface area contributed by atoms with E-state index in [0.717, 1.165) is 35.1 Å². The Morgan fingerprint density at radius 1 is 1.53 bits per heavy atom. The second-order valence-electron chi connectivity index (χ2n) is 4.78. The number of fused-ring (bicyclic) bond motifs is 1. The summed E-state index contributed by atoms with van der Waals surface area (Å²) in [5.41, 5.74) is 1.17. The minimum absolute atomic E-state index is 0.514. The molecule has 0 aromatic rings. The van der Waals surface area contributed by atoms with Gasteiger partial charge in [0.05, 0.1) is 16.8 Å². The molecular formula is C13H17BrN4S. The number of aliphatic imine (C=N–C) groups is 2. The highest BCUT2D eigenvalue weighted by molar-refractivity contribution is 9.11. The van der Waals surface area contributed by atoms with Crippen molar-refractivity contribution in [2.75, 3.05) is 25.9 Å². The summed E-state index contributed by atoms with van der Waals surface area (Å²) in [4.78, 5) is 11.5. The Kier molecular flexibility index (Phi) is 4.10. The molecule has 1 fully saturated rings. The lowest BCUT2D eigenvalue weighted by Crippen LogP contribution is -2.37. The second-order valence-corrected chi connectivity index (χ2v) is 6.39. The lowest BCUT2D eigenvalue weighted by atomic mass is 9.96. The summed E-state index contributed by atoms with van der Waals surface area (Å²) in [5, 5.41) is 4.48. The minimum Gasteiger partial charge on any atom is -0.316 e. The quantitative estimate of drug-likeness (QED) is 0.745. The maximum absolute atomic E-state index is 4.82. The summed E-state index contributed by atoms with van der Waals surface area (Å²) in [5.74, 6) is 1.48. The van der Waals surface area contributed by atoms with Gasteiger partial charge < -0.3 is 5.32 Å². The second kappa shape index (κ2) is 5.81. The Morgan fingerprint density at radius 2 is 2.42 bits per heavy atom. The average molecular weight is 341 g/mol. The van der Waals surface area contributed by atoms with E-state index in [1.807, 2.05) is 0 Å². The predicted octanol–water partition coefficient (Wildman–Crippen LogP) is 2.55. The largest absolute Gasteiger partial charge is 0.316 e. The van der Waals surface area contributed by atoms with E-state index in [-0.39, 0.29) is 0 Å². The molecule has 6 heteroatoms. The van der Waals surface area contributed by atoms with Gasteiger partial charge in [0.15, 0.2) is 5.84 Å². The van der Waals surface area contributed by atoms with Gasteiger partial charge in [-0.15, -0.1) is 11.8 Å². The molecule has 0 saturated carbocycles. The van der Waals surface area contributed by atoms with Gasteiger partial charge >= 0.3 is 0 Å². The first kappa shape index (κ1) is 13.4. The minimum atomic E-state index is 0.514. The molecule has 0 aliphatic carbocycles. The average Bonchev–Trinajstić information content (AvgIpc) is 2.48. The van der Waals surface area contributed by atoms with Crippen LogP contribution in [0.1, 0.15) is 12.8 Å². The number of nitrogens with zero attached hydrogens (tertiary/aromatic N) is 3. The fourth-order valence-electron chi connectivity index (χ4n) is 2.54. The molecule has 1 N–H and O–H groups in total. The first-order valence-electron chi connectivity index (χ1n) is 6.54. The van der Waals surface area contributed by atoms with E-state index >= 15 is 0 Å². The van der Waals surface area contributed by atoms with Crippen molar-refractivity contribution in [3.63, 3.8) is 0 Å². The summed E-state index contributed by atoms with van der Waals surface area (Å²) < 4.78 is 1.07. The number of thioether (sulfide) groups is 1. The Morgan fingerprint density at radius 3 is 3.16 bits per heavy atom. The Bertz CT molecular complexity index is 489. The molecule has 102 valence electrons. The van der Waals surface area contributed by atoms with Crippen molar-refractivity contribution in [1.82, 2.24) is 10.2 Å². The third kappa shape index (κ3) is 2.66. The molecule has 0 aromatic carbocycles. The number of rotatable bonds is 1. The summed E-state index contributed by atoms with van der Waals surface area (Å²) in [6.07, 6.45) is 8.72. The molecule has 3 aliphatic rings. The number of piperidine rings is 1.